The first kappa shape index (κ1) is 13.8. The Morgan fingerprint density at radius 2 is 2.48 bits per heavy atom. The van der Waals surface area contributed by atoms with Gasteiger partial charge < -0.3 is 14.1 Å². The third kappa shape index (κ3) is 2.34. The van der Waals surface area contributed by atoms with E-state index >= 15 is 0 Å². The van der Waals surface area contributed by atoms with E-state index in [1.54, 1.807) is 24.3 Å². The maximum Gasteiger partial charge on any atom is 0.345 e. The van der Waals surface area contributed by atoms with Crippen LogP contribution in [0.3, 0.4) is 0 Å². The minimum absolute atomic E-state index is 0.142. The average Bonchev–Trinajstić information content (AvgIpc) is 3.10. The van der Waals surface area contributed by atoms with Crippen molar-refractivity contribution in [2.75, 3.05) is 26.9 Å². The van der Waals surface area contributed by atoms with E-state index in [2.05, 4.69) is 11.6 Å². The first-order valence-corrected chi connectivity index (χ1v) is 6.69. The van der Waals surface area contributed by atoms with Gasteiger partial charge in [0.25, 0.3) is 0 Å². The molecule has 0 aromatic carbocycles. The summed E-state index contributed by atoms with van der Waals surface area (Å²) < 4.78 is 10.6. The Kier molecular flexibility index (Phi) is 3.76. The Balaban J connectivity index is 1.93. The number of urea groups is 1. The fraction of sp³-hybridized carbons (Fsp3) is 0.429. The summed E-state index contributed by atoms with van der Waals surface area (Å²) in [5.41, 5.74) is 0.890. The van der Waals surface area contributed by atoms with Gasteiger partial charge in [-0.25, -0.2) is 9.78 Å². The van der Waals surface area contributed by atoms with Gasteiger partial charge in [-0.3, -0.25) is 4.84 Å². The molecule has 7 heteroatoms. The molecular formula is C14H17N3O4. The molecule has 21 heavy (non-hydrogen) atoms. The van der Waals surface area contributed by atoms with Gasteiger partial charge in [0.05, 0.1) is 32.0 Å². The molecule has 0 N–H and O–H groups in total. The summed E-state index contributed by atoms with van der Waals surface area (Å²) in [6, 6.07) is -0.524. The molecule has 0 aliphatic carbocycles. The number of hydroxylamine groups is 2. The van der Waals surface area contributed by atoms with Gasteiger partial charge in [0.2, 0.25) is 0 Å². The Hall–Kier alpha value is -2.12. The predicted molar refractivity (Wildman–Crippen MR) is 74.0 cm³/mol. The van der Waals surface area contributed by atoms with Gasteiger partial charge >= 0.3 is 6.03 Å². The molecule has 2 atom stereocenters. The van der Waals surface area contributed by atoms with Gasteiger partial charge in [0.15, 0.2) is 12.2 Å². The van der Waals surface area contributed by atoms with E-state index in [9.17, 15) is 4.79 Å². The molecule has 3 rings (SSSR count). The number of amides is 2. The van der Waals surface area contributed by atoms with Crippen LogP contribution in [0.15, 0.2) is 35.7 Å². The van der Waals surface area contributed by atoms with Crippen LogP contribution in [-0.4, -0.2) is 59.9 Å². The highest BCUT2D eigenvalue weighted by Crippen LogP contribution is 2.35. The Bertz CT molecular complexity index is 555. The Labute approximate surface area is 122 Å². The third-order valence-corrected chi connectivity index (χ3v) is 3.60. The van der Waals surface area contributed by atoms with Crippen LogP contribution in [0.25, 0.3) is 5.57 Å². The van der Waals surface area contributed by atoms with Crippen molar-refractivity contribution in [3.63, 3.8) is 0 Å². The SMILES string of the molecule is C=CCON1C(=O)N2CC1C(c1cnco1)=CC2COC. The average molecular weight is 291 g/mol. The maximum atomic E-state index is 12.5. The molecule has 2 unspecified atom stereocenters. The molecule has 0 saturated carbocycles. The van der Waals surface area contributed by atoms with Crippen molar-refractivity contribution < 1.29 is 18.8 Å². The highest BCUT2D eigenvalue weighted by molar-refractivity contribution is 5.84. The number of methoxy groups -OCH3 is 1. The second-order valence-corrected chi connectivity index (χ2v) is 4.87. The molecule has 1 aromatic heterocycles. The summed E-state index contributed by atoms with van der Waals surface area (Å²) >= 11 is 0. The molecule has 1 saturated heterocycles. The number of nitrogens with zero attached hydrogens (tertiary/aromatic N) is 3. The maximum absolute atomic E-state index is 12.5. The highest BCUT2D eigenvalue weighted by Gasteiger charge is 2.47. The topological polar surface area (TPSA) is 68.0 Å². The summed E-state index contributed by atoms with van der Waals surface area (Å²) in [6.07, 6.45) is 6.60. The van der Waals surface area contributed by atoms with Crippen molar-refractivity contribution in [1.29, 1.82) is 0 Å². The van der Waals surface area contributed by atoms with E-state index in [0.717, 1.165) is 5.57 Å². The molecule has 1 aromatic rings. The minimum atomic E-state index is -0.210. The zero-order valence-corrected chi connectivity index (χ0v) is 11.8. The number of carbonyl (C=O) groups excluding carboxylic acids is 1. The lowest BCUT2D eigenvalue weighted by Crippen LogP contribution is -2.41. The van der Waals surface area contributed by atoms with Crippen LogP contribution in [0.4, 0.5) is 4.79 Å². The van der Waals surface area contributed by atoms with E-state index in [1.807, 2.05) is 6.08 Å². The number of oxazole rings is 1. The first-order valence-electron chi connectivity index (χ1n) is 6.69. The molecule has 1 fully saturated rings. The Morgan fingerprint density at radius 1 is 1.62 bits per heavy atom. The normalized spacial score (nSPS) is 24.4. The molecule has 0 spiro atoms. The molecule has 112 valence electrons. The van der Waals surface area contributed by atoms with Crippen molar-refractivity contribution in [3.8, 4) is 0 Å². The van der Waals surface area contributed by atoms with Crippen LogP contribution >= 0.6 is 0 Å². The van der Waals surface area contributed by atoms with Gasteiger partial charge in [0, 0.05) is 12.7 Å². The van der Waals surface area contributed by atoms with Crippen LogP contribution in [-0.2, 0) is 9.57 Å². The smallest absolute Gasteiger partial charge is 0.345 e. The third-order valence-electron chi connectivity index (χ3n) is 3.60. The second kappa shape index (κ2) is 5.71. The van der Waals surface area contributed by atoms with E-state index in [4.69, 9.17) is 14.0 Å². The summed E-state index contributed by atoms with van der Waals surface area (Å²) in [4.78, 5) is 23.6. The molecule has 3 heterocycles. The standard InChI is InChI=1S/C14H17N3O4/c1-3-4-21-17-12-7-16(14(17)18)10(8-19-2)5-11(12)13-6-15-9-20-13/h3,5-6,9-10,12H,1,4,7-8H2,2H3. The molecule has 2 bridgehead atoms. The highest BCUT2D eigenvalue weighted by atomic mass is 16.7. The second-order valence-electron chi connectivity index (χ2n) is 4.87. The lowest BCUT2D eigenvalue weighted by Gasteiger charge is -2.28. The van der Waals surface area contributed by atoms with Crippen molar-refractivity contribution in [1.82, 2.24) is 14.9 Å². The monoisotopic (exact) mass is 291 g/mol. The number of ether oxygens (including phenoxy) is 1. The zero-order valence-electron chi connectivity index (χ0n) is 11.8. The van der Waals surface area contributed by atoms with Gasteiger partial charge in [-0.1, -0.05) is 12.2 Å². The van der Waals surface area contributed by atoms with Crippen molar-refractivity contribution in [2.45, 2.75) is 12.1 Å². The number of aromatic nitrogens is 1. The minimum Gasteiger partial charge on any atom is -0.444 e. The van der Waals surface area contributed by atoms with Gasteiger partial charge in [-0.2, -0.15) is 5.06 Å². The van der Waals surface area contributed by atoms with Crippen LogP contribution in [0, 0.1) is 0 Å². The summed E-state index contributed by atoms with van der Waals surface area (Å²) in [6.45, 7) is 4.84. The fourth-order valence-corrected chi connectivity index (χ4v) is 2.70. The fourth-order valence-electron chi connectivity index (χ4n) is 2.70. The predicted octanol–water partition coefficient (Wildman–Crippen LogP) is 1.31. The number of carbonyl (C=O) groups is 1. The number of hydrogen-bond donors (Lipinski definition) is 0. The molecule has 0 radical (unpaired) electrons. The molecule has 2 aliphatic heterocycles. The number of rotatable bonds is 6. The summed E-state index contributed by atoms with van der Waals surface area (Å²) in [5, 5.41) is 1.38. The molecular weight excluding hydrogens is 274 g/mol. The van der Waals surface area contributed by atoms with Gasteiger partial charge in [-0.05, 0) is 0 Å². The lowest BCUT2D eigenvalue weighted by molar-refractivity contribution is -0.106. The number of hydrogen-bond acceptors (Lipinski definition) is 5. The van der Waals surface area contributed by atoms with E-state index in [1.165, 1.54) is 11.5 Å². The Morgan fingerprint density at radius 3 is 3.14 bits per heavy atom. The number of fused-ring (bicyclic) bond motifs is 2. The molecule has 2 aliphatic rings. The van der Waals surface area contributed by atoms with Crippen molar-refractivity contribution in [2.24, 2.45) is 0 Å². The summed E-state index contributed by atoms with van der Waals surface area (Å²) in [5.74, 6) is 0.641. The van der Waals surface area contributed by atoms with Crippen LogP contribution in [0.1, 0.15) is 5.76 Å². The quantitative estimate of drug-likeness (QED) is 0.739. The van der Waals surface area contributed by atoms with Crippen molar-refractivity contribution >= 4 is 11.6 Å². The van der Waals surface area contributed by atoms with E-state index < -0.39 is 0 Å². The van der Waals surface area contributed by atoms with Crippen LogP contribution < -0.4 is 0 Å². The molecule has 2 amide bonds. The molecule has 7 nitrogen and oxygen atoms in total. The van der Waals surface area contributed by atoms with Crippen molar-refractivity contribution in [3.05, 3.63) is 37.1 Å². The van der Waals surface area contributed by atoms with Gasteiger partial charge in [0.1, 0.15) is 6.04 Å². The van der Waals surface area contributed by atoms with E-state index in [-0.39, 0.29) is 24.7 Å². The van der Waals surface area contributed by atoms with Crippen LogP contribution in [0.5, 0.6) is 0 Å². The largest absolute Gasteiger partial charge is 0.444 e. The lowest BCUT2D eigenvalue weighted by atomic mass is 9.98. The zero-order chi connectivity index (χ0) is 14.8. The van der Waals surface area contributed by atoms with Gasteiger partial charge in [-0.15, -0.1) is 6.58 Å². The van der Waals surface area contributed by atoms with Crippen LogP contribution in [0.2, 0.25) is 0 Å². The summed E-state index contributed by atoms with van der Waals surface area (Å²) in [7, 11) is 1.61. The first-order chi connectivity index (χ1) is 10.3. The van der Waals surface area contributed by atoms with E-state index in [0.29, 0.717) is 18.9 Å².